The van der Waals surface area contributed by atoms with Crippen molar-refractivity contribution in [2.75, 3.05) is 0 Å². The zero-order valence-electron chi connectivity index (χ0n) is 18.7. The number of unbranched alkanes of at least 4 members (excludes halogenated alkanes) is 16. The van der Waals surface area contributed by atoms with Gasteiger partial charge >= 0.3 is 0 Å². The number of carbonyl (C=O) groups is 1. The van der Waals surface area contributed by atoms with Gasteiger partial charge < -0.3 is 20.1 Å². The highest BCUT2D eigenvalue weighted by Gasteiger charge is 2.42. The molecule has 1 aliphatic rings. The standard InChI is InChI=1S/C24H46O5/c1-2-3-4-5-6-7-8-9-10-11-12-13-14-15-16-17-18-19-20-21(25)22(26)23(27)24(28)29-20/h20-22,24-26,28H,2-19H2,1H3/t20-,21+,22?,24-/m1/s1. The first-order valence-electron chi connectivity index (χ1n) is 12.3. The van der Waals surface area contributed by atoms with E-state index in [1.165, 1.54) is 89.9 Å². The number of aliphatic hydroxyl groups excluding tert-OH is 3. The molecule has 1 rings (SSSR count). The molecule has 5 heteroatoms. The first kappa shape index (κ1) is 26.5. The fraction of sp³-hybridized carbons (Fsp3) is 0.958. The average Bonchev–Trinajstić information content (AvgIpc) is 2.72. The molecule has 0 amide bonds. The molecule has 5 nitrogen and oxygen atoms in total. The Morgan fingerprint density at radius 2 is 1.03 bits per heavy atom. The van der Waals surface area contributed by atoms with E-state index in [1.54, 1.807) is 0 Å². The summed E-state index contributed by atoms with van der Waals surface area (Å²) in [6.07, 6.45) is 17.8. The Bertz CT molecular complexity index is 401. The van der Waals surface area contributed by atoms with Crippen LogP contribution >= 0.6 is 0 Å². The molecule has 1 saturated heterocycles. The van der Waals surface area contributed by atoms with Crippen molar-refractivity contribution in [3.8, 4) is 0 Å². The molecule has 1 unspecified atom stereocenters. The van der Waals surface area contributed by atoms with Crippen molar-refractivity contribution in [3.63, 3.8) is 0 Å². The van der Waals surface area contributed by atoms with E-state index in [4.69, 9.17) is 4.74 Å². The minimum absolute atomic E-state index is 0.557. The second-order valence-corrected chi connectivity index (χ2v) is 8.81. The molecule has 29 heavy (non-hydrogen) atoms. The van der Waals surface area contributed by atoms with Gasteiger partial charge in [-0.1, -0.05) is 116 Å². The van der Waals surface area contributed by atoms with Gasteiger partial charge in [-0.25, -0.2) is 0 Å². The Kier molecular flexibility index (Phi) is 15.8. The van der Waals surface area contributed by atoms with Gasteiger partial charge in [0.05, 0.1) is 6.10 Å². The van der Waals surface area contributed by atoms with Gasteiger partial charge in [0, 0.05) is 0 Å². The summed E-state index contributed by atoms with van der Waals surface area (Å²) in [5, 5.41) is 28.9. The van der Waals surface area contributed by atoms with Crippen LogP contribution in [0.3, 0.4) is 0 Å². The third-order valence-electron chi connectivity index (χ3n) is 6.14. The van der Waals surface area contributed by atoms with Crippen molar-refractivity contribution in [3.05, 3.63) is 0 Å². The molecule has 1 heterocycles. The minimum atomic E-state index is -1.61. The average molecular weight is 415 g/mol. The highest BCUT2D eigenvalue weighted by Crippen LogP contribution is 2.22. The highest BCUT2D eigenvalue weighted by atomic mass is 16.6. The molecule has 0 bridgehead atoms. The third-order valence-corrected chi connectivity index (χ3v) is 6.14. The van der Waals surface area contributed by atoms with E-state index < -0.39 is 30.4 Å². The van der Waals surface area contributed by atoms with Gasteiger partial charge in [0.2, 0.25) is 12.1 Å². The van der Waals surface area contributed by atoms with E-state index in [9.17, 15) is 20.1 Å². The maximum atomic E-state index is 11.3. The molecule has 0 spiro atoms. The number of aliphatic hydroxyl groups is 3. The van der Waals surface area contributed by atoms with E-state index in [-0.39, 0.29) is 0 Å². The van der Waals surface area contributed by atoms with Crippen molar-refractivity contribution in [2.24, 2.45) is 0 Å². The van der Waals surface area contributed by atoms with Gasteiger partial charge in [0.25, 0.3) is 0 Å². The lowest BCUT2D eigenvalue weighted by Crippen LogP contribution is -2.54. The first-order valence-corrected chi connectivity index (χ1v) is 12.3. The monoisotopic (exact) mass is 414 g/mol. The SMILES string of the molecule is CCCCCCCCCCCCCCCCCCC[C@H]1O[C@@H](O)C(=O)C(O)[C@H]1O. The molecule has 0 radical (unpaired) electrons. The van der Waals surface area contributed by atoms with Crippen molar-refractivity contribution >= 4 is 5.78 Å². The quantitative estimate of drug-likeness (QED) is 0.274. The second kappa shape index (κ2) is 17.2. The maximum absolute atomic E-state index is 11.3. The van der Waals surface area contributed by atoms with Crippen molar-refractivity contribution in [2.45, 2.75) is 147 Å². The summed E-state index contributed by atoms with van der Waals surface area (Å²) >= 11 is 0. The second-order valence-electron chi connectivity index (χ2n) is 8.81. The van der Waals surface area contributed by atoms with Crippen molar-refractivity contribution in [1.82, 2.24) is 0 Å². The molecule has 0 aromatic heterocycles. The van der Waals surface area contributed by atoms with Crippen molar-refractivity contribution in [1.29, 1.82) is 0 Å². The molecular weight excluding hydrogens is 368 g/mol. The molecule has 0 aromatic rings. The largest absolute Gasteiger partial charge is 0.387 e. The van der Waals surface area contributed by atoms with Crippen molar-refractivity contribution < 1.29 is 24.9 Å². The summed E-state index contributed by atoms with van der Waals surface area (Å²) in [5.74, 6) is -0.851. The summed E-state index contributed by atoms with van der Waals surface area (Å²) < 4.78 is 5.11. The summed E-state index contributed by atoms with van der Waals surface area (Å²) in [4.78, 5) is 11.3. The minimum Gasteiger partial charge on any atom is -0.387 e. The van der Waals surface area contributed by atoms with Crippen LogP contribution in [0.25, 0.3) is 0 Å². The molecule has 0 saturated carbocycles. The van der Waals surface area contributed by atoms with E-state index in [0.29, 0.717) is 6.42 Å². The van der Waals surface area contributed by atoms with E-state index >= 15 is 0 Å². The zero-order chi connectivity index (χ0) is 21.3. The highest BCUT2D eigenvalue weighted by molar-refractivity contribution is 5.87. The van der Waals surface area contributed by atoms with E-state index in [1.807, 2.05) is 0 Å². The van der Waals surface area contributed by atoms with Gasteiger partial charge in [0.15, 0.2) is 0 Å². The van der Waals surface area contributed by atoms with Gasteiger partial charge in [-0.05, 0) is 6.42 Å². The Morgan fingerprint density at radius 1 is 0.655 bits per heavy atom. The number of hydrogen-bond acceptors (Lipinski definition) is 5. The normalized spacial score (nSPS) is 24.9. The first-order chi connectivity index (χ1) is 14.1. The van der Waals surface area contributed by atoms with Gasteiger partial charge in [0.1, 0.15) is 12.2 Å². The third kappa shape index (κ3) is 12.1. The number of ketones is 1. The summed E-state index contributed by atoms with van der Waals surface area (Å²) in [6.45, 7) is 2.27. The zero-order valence-corrected chi connectivity index (χ0v) is 18.7. The number of ether oxygens (including phenoxy) is 1. The summed E-state index contributed by atoms with van der Waals surface area (Å²) in [6, 6.07) is 0. The maximum Gasteiger partial charge on any atom is 0.219 e. The molecule has 4 atom stereocenters. The van der Waals surface area contributed by atoms with Crippen LogP contribution in [0.1, 0.15) is 122 Å². The fourth-order valence-corrected chi connectivity index (χ4v) is 4.14. The predicted octanol–water partition coefficient (Wildman–Crippen LogP) is 5.04. The predicted molar refractivity (Wildman–Crippen MR) is 117 cm³/mol. The smallest absolute Gasteiger partial charge is 0.219 e. The topological polar surface area (TPSA) is 87.0 Å². The lowest BCUT2D eigenvalue weighted by molar-refractivity contribution is -0.222. The van der Waals surface area contributed by atoms with Crippen LogP contribution in [0.4, 0.5) is 0 Å². The van der Waals surface area contributed by atoms with Crippen LogP contribution < -0.4 is 0 Å². The molecular formula is C24H46O5. The molecule has 1 fully saturated rings. The molecule has 1 aliphatic heterocycles. The molecule has 172 valence electrons. The number of Topliss-reactive ketones (excluding diaryl/α,β-unsaturated/α-hetero) is 1. The van der Waals surface area contributed by atoms with Crippen LogP contribution in [0.2, 0.25) is 0 Å². The molecule has 0 aliphatic carbocycles. The lowest BCUT2D eigenvalue weighted by Gasteiger charge is -2.33. The fourth-order valence-electron chi connectivity index (χ4n) is 4.14. The Labute approximate surface area is 178 Å². The van der Waals surface area contributed by atoms with Crippen LogP contribution in [-0.4, -0.2) is 45.7 Å². The van der Waals surface area contributed by atoms with Crippen LogP contribution in [-0.2, 0) is 9.53 Å². The van der Waals surface area contributed by atoms with Gasteiger partial charge in [-0.3, -0.25) is 4.79 Å². The Balaban J connectivity index is 1.82. The summed E-state index contributed by atoms with van der Waals surface area (Å²) in [7, 11) is 0. The number of rotatable bonds is 18. The van der Waals surface area contributed by atoms with Crippen LogP contribution in [0, 0.1) is 0 Å². The lowest BCUT2D eigenvalue weighted by atomic mass is 9.96. The number of hydrogen-bond donors (Lipinski definition) is 3. The van der Waals surface area contributed by atoms with Crippen LogP contribution in [0.15, 0.2) is 0 Å². The van der Waals surface area contributed by atoms with Gasteiger partial charge in [-0.2, -0.15) is 0 Å². The molecule has 3 N–H and O–H groups in total. The van der Waals surface area contributed by atoms with Gasteiger partial charge in [-0.15, -0.1) is 0 Å². The molecule has 0 aromatic carbocycles. The Hall–Kier alpha value is -0.490. The Morgan fingerprint density at radius 3 is 1.45 bits per heavy atom. The van der Waals surface area contributed by atoms with E-state index in [2.05, 4.69) is 6.92 Å². The summed E-state index contributed by atoms with van der Waals surface area (Å²) in [5.41, 5.74) is 0. The van der Waals surface area contributed by atoms with E-state index in [0.717, 1.165) is 19.3 Å². The van der Waals surface area contributed by atoms with Crippen LogP contribution in [0.5, 0.6) is 0 Å². The number of carbonyl (C=O) groups excluding carboxylic acids is 1.